The minimum atomic E-state index is -1.26. The molecule has 1 aromatic carbocycles. The third-order valence-corrected chi connectivity index (χ3v) is 2.19. The van der Waals surface area contributed by atoms with Gasteiger partial charge in [-0.1, -0.05) is 17.7 Å². The third kappa shape index (κ3) is 2.51. The molecule has 0 fully saturated rings. The van der Waals surface area contributed by atoms with E-state index in [0.29, 0.717) is 16.7 Å². The van der Waals surface area contributed by atoms with Gasteiger partial charge in [-0.3, -0.25) is 0 Å². The van der Waals surface area contributed by atoms with Crippen molar-refractivity contribution in [3.8, 4) is 0 Å². The molecule has 1 aliphatic heterocycles. The maximum atomic E-state index is 11.3. The van der Waals surface area contributed by atoms with Gasteiger partial charge in [-0.15, -0.1) is 0 Å². The van der Waals surface area contributed by atoms with Gasteiger partial charge in [0.25, 0.3) is 0 Å². The largest absolute Gasteiger partial charge is 0.478 e. The normalized spacial score (nSPS) is 16.9. The van der Waals surface area contributed by atoms with E-state index in [1.54, 1.807) is 24.3 Å². The van der Waals surface area contributed by atoms with Gasteiger partial charge in [0.2, 0.25) is 5.90 Å². The van der Waals surface area contributed by atoms with E-state index in [-0.39, 0.29) is 11.6 Å². The Morgan fingerprint density at radius 3 is 2.88 bits per heavy atom. The summed E-state index contributed by atoms with van der Waals surface area (Å²) in [4.78, 5) is 25.5. The Morgan fingerprint density at radius 2 is 2.24 bits per heavy atom. The van der Waals surface area contributed by atoms with Crippen LogP contribution in [0.3, 0.4) is 0 Å². The molecule has 1 aliphatic rings. The Bertz CT molecular complexity index is 562. The number of aliphatic imine (C=N–C) groups is 1. The zero-order chi connectivity index (χ0) is 12.4. The van der Waals surface area contributed by atoms with Crippen molar-refractivity contribution in [2.24, 2.45) is 4.99 Å². The van der Waals surface area contributed by atoms with Gasteiger partial charge in [0.1, 0.15) is 0 Å². The molecule has 86 valence electrons. The molecule has 0 saturated carbocycles. The van der Waals surface area contributed by atoms with E-state index in [4.69, 9.17) is 21.4 Å². The first-order valence-electron chi connectivity index (χ1n) is 4.58. The van der Waals surface area contributed by atoms with Crippen LogP contribution < -0.4 is 0 Å². The second-order valence-electron chi connectivity index (χ2n) is 3.18. The molecular formula is C11H6ClNO4. The number of ether oxygens (including phenoxy) is 1. The molecule has 0 saturated heterocycles. The first-order chi connectivity index (χ1) is 8.06. The summed E-state index contributed by atoms with van der Waals surface area (Å²) in [7, 11) is 0. The topological polar surface area (TPSA) is 76.0 Å². The van der Waals surface area contributed by atoms with Gasteiger partial charge < -0.3 is 9.84 Å². The van der Waals surface area contributed by atoms with Crippen molar-refractivity contribution in [3.05, 3.63) is 46.6 Å². The molecule has 17 heavy (non-hydrogen) atoms. The number of aliphatic carboxylic acids is 1. The van der Waals surface area contributed by atoms with E-state index in [1.165, 1.54) is 0 Å². The van der Waals surface area contributed by atoms with E-state index in [0.717, 1.165) is 0 Å². The summed E-state index contributed by atoms with van der Waals surface area (Å²) in [5.41, 5.74) is 0.270. The zero-order valence-electron chi connectivity index (χ0n) is 8.38. The number of rotatable bonds is 2. The number of carboxylic acids is 1. The number of carbonyl (C=O) groups is 2. The van der Waals surface area contributed by atoms with Crippen LogP contribution in [0.15, 0.2) is 41.0 Å². The number of cyclic esters (lactones) is 1. The maximum Gasteiger partial charge on any atom is 0.364 e. The predicted octanol–water partition coefficient (Wildman–Crippen LogP) is 1.61. The molecular weight excluding hydrogens is 246 g/mol. The van der Waals surface area contributed by atoms with Gasteiger partial charge in [0, 0.05) is 10.6 Å². The standard InChI is InChI=1S/C11H6ClNO4/c12-7-3-1-2-6(4-7)10-13-8(5-9(14)15)11(16)17-10/h1-5H,(H,14,15)/b8-5+. The first kappa shape index (κ1) is 11.3. The molecule has 1 heterocycles. The average Bonchev–Trinajstić information content (AvgIpc) is 2.59. The fourth-order valence-corrected chi connectivity index (χ4v) is 1.46. The molecule has 6 heteroatoms. The number of carbonyl (C=O) groups excluding carboxylic acids is 1. The summed E-state index contributed by atoms with van der Waals surface area (Å²) in [6, 6.07) is 6.56. The first-order valence-corrected chi connectivity index (χ1v) is 4.95. The number of nitrogens with zero attached hydrogens (tertiary/aromatic N) is 1. The molecule has 0 aromatic heterocycles. The molecule has 0 spiro atoms. The highest BCUT2D eigenvalue weighted by molar-refractivity contribution is 6.31. The molecule has 1 aromatic rings. The van der Waals surface area contributed by atoms with Crippen LogP contribution in [0.2, 0.25) is 5.02 Å². The summed E-state index contributed by atoms with van der Waals surface area (Å²) >= 11 is 5.78. The third-order valence-electron chi connectivity index (χ3n) is 1.95. The second-order valence-corrected chi connectivity index (χ2v) is 3.62. The number of hydrogen-bond donors (Lipinski definition) is 1. The molecule has 1 N–H and O–H groups in total. The maximum absolute atomic E-state index is 11.3. The van der Waals surface area contributed by atoms with Crippen molar-refractivity contribution in [2.75, 3.05) is 0 Å². The van der Waals surface area contributed by atoms with Crippen molar-refractivity contribution in [1.82, 2.24) is 0 Å². The van der Waals surface area contributed by atoms with Crippen LogP contribution in [0, 0.1) is 0 Å². The van der Waals surface area contributed by atoms with E-state index < -0.39 is 11.9 Å². The highest BCUT2D eigenvalue weighted by Crippen LogP contribution is 2.18. The fraction of sp³-hybridized carbons (Fsp3) is 0. The Morgan fingerprint density at radius 1 is 1.47 bits per heavy atom. The predicted molar refractivity (Wildman–Crippen MR) is 59.8 cm³/mol. The number of halogens is 1. The SMILES string of the molecule is O=C(O)/C=C1/N=C(c2cccc(Cl)c2)OC1=O. The minimum absolute atomic E-state index is 0.0463. The van der Waals surface area contributed by atoms with Crippen LogP contribution in [-0.4, -0.2) is 22.9 Å². The molecule has 0 bridgehead atoms. The zero-order valence-corrected chi connectivity index (χ0v) is 9.14. The summed E-state index contributed by atoms with van der Waals surface area (Å²) in [6.45, 7) is 0. The quantitative estimate of drug-likeness (QED) is 0.640. The summed E-state index contributed by atoms with van der Waals surface area (Å²) in [5, 5.41) is 8.99. The number of esters is 1. The van der Waals surface area contributed by atoms with Crippen LogP contribution in [-0.2, 0) is 14.3 Å². The van der Waals surface area contributed by atoms with Crippen molar-refractivity contribution < 1.29 is 19.4 Å². The Hall–Kier alpha value is -2.14. The lowest BCUT2D eigenvalue weighted by atomic mass is 10.2. The van der Waals surface area contributed by atoms with Crippen LogP contribution in [0.4, 0.5) is 0 Å². The van der Waals surface area contributed by atoms with Crippen molar-refractivity contribution >= 4 is 29.4 Å². The molecule has 5 nitrogen and oxygen atoms in total. The number of carboxylic acid groups (broad SMARTS) is 1. The van der Waals surface area contributed by atoms with Crippen LogP contribution in [0.1, 0.15) is 5.56 Å². The Labute approximate surface area is 101 Å². The highest BCUT2D eigenvalue weighted by atomic mass is 35.5. The van der Waals surface area contributed by atoms with Crippen molar-refractivity contribution in [1.29, 1.82) is 0 Å². The molecule has 0 aliphatic carbocycles. The second kappa shape index (κ2) is 4.39. The van der Waals surface area contributed by atoms with Crippen LogP contribution in [0.5, 0.6) is 0 Å². The lowest BCUT2D eigenvalue weighted by Gasteiger charge is -1.98. The van der Waals surface area contributed by atoms with E-state index in [2.05, 4.69) is 4.99 Å². The average molecular weight is 252 g/mol. The lowest BCUT2D eigenvalue weighted by Crippen LogP contribution is -2.05. The Balaban J connectivity index is 2.37. The summed E-state index contributed by atoms with van der Waals surface area (Å²) < 4.78 is 4.84. The van der Waals surface area contributed by atoms with Gasteiger partial charge >= 0.3 is 11.9 Å². The van der Waals surface area contributed by atoms with Gasteiger partial charge in [-0.2, -0.15) is 0 Å². The fourth-order valence-electron chi connectivity index (χ4n) is 1.27. The van der Waals surface area contributed by atoms with Gasteiger partial charge in [-0.05, 0) is 18.2 Å². The van der Waals surface area contributed by atoms with E-state index >= 15 is 0 Å². The minimum Gasteiger partial charge on any atom is -0.478 e. The Kier molecular flexibility index (Phi) is 2.93. The van der Waals surface area contributed by atoms with Crippen LogP contribution in [0.25, 0.3) is 0 Å². The monoisotopic (exact) mass is 251 g/mol. The number of hydrogen-bond acceptors (Lipinski definition) is 4. The number of benzene rings is 1. The van der Waals surface area contributed by atoms with E-state index in [9.17, 15) is 9.59 Å². The summed E-state index contributed by atoms with van der Waals surface area (Å²) in [5.74, 6) is -2.00. The summed E-state index contributed by atoms with van der Waals surface area (Å²) in [6.07, 6.45) is 0.694. The van der Waals surface area contributed by atoms with Gasteiger partial charge in [-0.25, -0.2) is 14.6 Å². The highest BCUT2D eigenvalue weighted by Gasteiger charge is 2.24. The van der Waals surface area contributed by atoms with Gasteiger partial charge in [0.15, 0.2) is 5.70 Å². The van der Waals surface area contributed by atoms with Crippen molar-refractivity contribution in [3.63, 3.8) is 0 Å². The molecule has 2 rings (SSSR count). The molecule has 0 atom stereocenters. The van der Waals surface area contributed by atoms with Gasteiger partial charge in [0.05, 0.1) is 6.08 Å². The van der Waals surface area contributed by atoms with Crippen LogP contribution >= 0.6 is 11.6 Å². The molecule has 0 amide bonds. The molecule has 0 unspecified atom stereocenters. The van der Waals surface area contributed by atoms with E-state index in [1.807, 2.05) is 0 Å². The lowest BCUT2D eigenvalue weighted by molar-refractivity contribution is -0.133. The van der Waals surface area contributed by atoms with Crippen molar-refractivity contribution in [2.45, 2.75) is 0 Å². The molecule has 0 radical (unpaired) electrons. The smallest absolute Gasteiger partial charge is 0.364 e.